The molecule has 0 atom stereocenters. The van der Waals surface area contributed by atoms with Crippen LogP contribution in [0.4, 0.5) is 0 Å². The number of carbonyl (C=O) groups excluding carboxylic acids is 1. The van der Waals surface area contributed by atoms with Crippen molar-refractivity contribution in [2.75, 3.05) is 0 Å². The Morgan fingerprint density at radius 2 is 2.05 bits per heavy atom. The van der Waals surface area contributed by atoms with Crippen molar-refractivity contribution in [2.24, 2.45) is 5.10 Å². The maximum atomic E-state index is 12.0. The van der Waals surface area contributed by atoms with Crippen molar-refractivity contribution in [1.82, 2.24) is 15.6 Å². The van der Waals surface area contributed by atoms with Gasteiger partial charge in [-0.1, -0.05) is 37.3 Å². The van der Waals surface area contributed by atoms with E-state index in [1.54, 1.807) is 0 Å². The van der Waals surface area contributed by atoms with Gasteiger partial charge in [-0.05, 0) is 25.8 Å². The first-order valence-corrected chi connectivity index (χ1v) is 6.57. The summed E-state index contributed by atoms with van der Waals surface area (Å²) in [5.41, 5.74) is 6.51. The Hall–Kier alpha value is -2.43. The van der Waals surface area contributed by atoms with Gasteiger partial charge in [0.25, 0.3) is 5.91 Å². The molecule has 0 aliphatic heterocycles. The van der Waals surface area contributed by atoms with Crippen LogP contribution < -0.4 is 5.43 Å². The zero-order valence-corrected chi connectivity index (χ0v) is 11.9. The van der Waals surface area contributed by atoms with Crippen molar-refractivity contribution in [3.05, 3.63) is 52.8 Å². The van der Waals surface area contributed by atoms with Gasteiger partial charge in [-0.25, -0.2) is 5.43 Å². The predicted octanol–water partition coefficient (Wildman–Crippen LogP) is 2.43. The van der Waals surface area contributed by atoms with E-state index in [4.69, 9.17) is 0 Å². The molecule has 2 N–H and O–H groups in total. The summed E-state index contributed by atoms with van der Waals surface area (Å²) in [6.07, 6.45) is 0.818. The summed E-state index contributed by atoms with van der Waals surface area (Å²) < 4.78 is 0. The molecule has 1 aromatic carbocycles. The van der Waals surface area contributed by atoms with E-state index in [0.717, 1.165) is 29.0 Å². The fourth-order valence-electron chi connectivity index (χ4n) is 1.93. The van der Waals surface area contributed by atoms with E-state index in [1.165, 1.54) is 0 Å². The average molecular weight is 270 g/mol. The molecule has 0 saturated carbocycles. The number of amides is 1. The quantitative estimate of drug-likeness (QED) is 0.661. The minimum Gasteiger partial charge on any atom is -0.282 e. The molecule has 0 aliphatic carbocycles. The van der Waals surface area contributed by atoms with Crippen molar-refractivity contribution < 1.29 is 4.79 Å². The summed E-state index contributed by atoms with van der Waals surface area (Å²) in [6, 6.07) is 9.69. The number of nitrogens with zero attached hydrogens (tertiary/aromatic N) is 2. The van der Waals surface area contributed by atoms with Gasteiger partial charge in [-0.2, -0.15) is 10.2 Å². The van der Waals surface area contributed by atoms with Crippen LogP contribution in [0.2, 0.25) is 0 Å². The van der Waals surface area contributed by atoms with Gasteiger partial charge in [-0.3, -0.25) is 9.89 Å². The number of carbonyl (C=O) groups is 1. The molecule has 5 nitrogen and oxygen atoms in total. The van der Waals surface area contributed by atoms with Crippen LogP contribution in [-0.4, -0.2) is 21.8 Å². The van der Waals surface area contributed by atoms with Crippen LogP contribution in [-0.2, 0) is 6.42 Å². The van der Waals surface area contributed by atoms with Crippen molar-refractivity contribution >= 4 is 11.6 Å². The molecule has 0 unspecified atom stereocenters. The number of rotatable bonds is 4. The smallest absolute Gasteiger partial charge is 0.282 e. The molecule has 0 bridgehead atoms. The highest BCUT2D eigenvalue weighted by Gasteiger charge is 2.14. The fraction of sp³-hybridized carbons (Fsp3) is 0.267. The summed E-state index contributed by atoms with van der Waals surface area (Å²) >= 11 is 0. The number of hydrogen-bond donors (Lipinski definition) is 2. The molecule has 0 spiro atoms. The van der Waals surface area contributed by atoms with Crippen LogP contribution in [0.25, 0.3) is 0 Å². The largest absolute Gasteiger partial charge is 0.292 e. The van der Waals surface area contributed by atoms with Crippen LogP contribution in [0.5, 0.6) is 0 Å². The minimum absolute atomic E-state index is 0.297. The maximum absolute atomic E-state index is 12.0. The lowest BCUT2D eigenvalue weighted by molar-refractivity contribution is 0.0949. The number of benzene rings is 1. The Kier molecular flexibility index (Phi) is 4.30. The van der Waals surface area contributed by atoms with Crippen LogP contribution >= 0.6 is 0 Å². The van der Waals surface area contributed by atoms with E-state index in [0.29, 0.717) is 5.69 Å². The Balaban J connectivity index is 2.10. The van der Waals surface area contributed by atoms with Gasteiger partial charge in [0.1, 0.15) is 0 Å². The normalized spacial score (nSPS) is 11.4. The first kappa shape index (κ1) is 14.0. The van der Waals surface area contributed by atoms with Crippen molar-refractivity contribution in [3.63, 3.8) is 0 Å². The first-order chi connectivity index (χ1) is 9.63. The number of aromatic nitrogens is 2. The second-order valence-electron chi connectivity index (χ2n) is 4.53. The monoisotopic (exact) mass is 270 g/mol. The lowest BCUT2D eigenvalue weighted by atomic mass is 10.1. The number of hydrazone groups is 1. The van der Waals surface area contributed by atoms with E-state index >= 15 is 0 Å². The Bertz CT molecular complexity index is 629. The highest BCUT2D eigenvalue weighted by Crippen LogP contribution is 2.10. The standard InChI is InChI=1S/C15H18N4O/c1-4-13-10(2)14(18-17-13)15(20)19-16-11(3)12-8-6-5-7-9-12/h5-9H,4H2,1-3H3,(H,17,18)(H,19,20). The molecule has 0 aliphatic rings. The van der Waals surface area contributed by atoms with Crippen molar-refractivity contribution in [2.45, 2.75) is 27.2 Å². The lowest BCUT2D eigenvalue weighted by Crippen LogP contribution is -2.20. The molecule has 1 aromatic heterocycles. The van der Waals surface area contributed by atoms with E-state index in [2.05, 4.69) is 20.7 Å². The van der Waals surface area contributed by atoms with Crippen LogP contribution in [0.15, 0.2) is 35.4 Å². The average Bonchev–Trinajstić information content (AvgIpc) is 2.86. The number of aryl methyl sites for hydroxylation is 1. The molecule has 5 heteroatoms. The minimum atomic E-state index is -0.297. The zero-order chi connectivity index (χ0) is 14.5. The number of nitrogens with one attached hydrogen (secondary N) is 2. The van der Waals surface area contributed by atoms with E-state index in [-0.39, 0.29) is 5.91 Å². The second kappa shape index (κ2) is 6.14. The maximum Gasteiger partial charge on any atom is 0.292 e. The third-order valence-electron chi connectivity index (χ3n) is 3.20. The molecule has 2 rings (SSSR count). The summed E-state index contributed by atoms with van der Waals surface area (Å²) in [5.74, 6) is -0.297. The zero-order valence-electron chi connectivity index (χ0n) is 11.9. The highest BCUT2D eigenvalue weighted by molar-refractivity contribution is 6.00. The number of hydrogen-bond acceptors (Lipinski definition) is 3. The van der Waals surface area contributed by atoms with Crippen LogP contribution in [0.3, 0.4) is 0 Å². The second-order valence-corrected chi connectivity index (χ2v) is 4.53. The van der Waals surface area contributed by atoms with E-state index in [9.17, 15) is 4.79 Å². The molecule has 2 aromatic rings. The van der Waals surface area contributed by atoms with E-state index in [1.807, 2.05) is 51.1 Å². The molecule has 0 fully saturated rings. The predicted molar refractivity (Wildman–Crippen MR) is 78.8 cm³/mol. The van der Waals surface area contributed by atoms with Gasteiger partial charge in [-0.15, -0.1) is 0 Å². The van der Waals surface area contributed by atoms with Gasteiger partial charge in [0, 0.05) is 11.3 Å². The van der Waals surface area contributed by atoms with Crippen molar-refractivity contribution in [3.8, 4) is 0 Å². The van der Waals surface area contributed by atoms with Gasteiger partial charge in [0.15, 0.2) is 5.69 Å². The summed E-state index contributed by atoms with van der Waals surface area (Å²) in [6.45, 7) is 5.75. The summed E-state index contributed by atoms with van der Waals surface area (Å²) in [4.78, 5) is 12.0. The third kappa shape index (κ3) is 2.93. The molecule has 104 valence electrons. The molecular weight excluding hydrogens is 252 g/mol. The SMILES string of the molecule is CCc1[nH]nc(C(=O)NN=C(C)c2ccccc2)c1C. The third-order valence-corrected chi connectivity index (χ3v) is 3.20. The van der Waals surface area contributed by atoms with E-state index < -0.39 is 0 Å². The highest BCUT2D eigenvalue weighted by atomic mass is 16.2. The van der Waals surface area contributed by atoms with Crippen molar-refractivity contribution in [1.29, 1.82) is 0 Å². The molecule has 1 heterocycles. The fourth-order valence-corrected chi connectivity index (χ4v) is 1.93. The van der Waals surface area contributed by atoms with Gasteiger partial charge >= 0.3 is 0 Å². The first-order valence-electron chi connectivity index (χ1n) is 6.57. The topological polar surface area (TPSA) is 70.1 Å². The van der Waals surface area contributed by atoms with Crippen LogP contribution in [0.1, 0.15) is 41.2 Å². The Labute approximate surface area is 118 Å². The van der Waals surface area contributed by atoms with Crippen LogP contribution in [0, 0.1) is 6.92 Å². The number of H-pyrrole nitrogens is 1. The molecular formula is C15H18N4O. The molecule has 1 amide bonds. The number of aromatic amines is 1. The molecule has 0 saturated heterocycles. The molecule has 0 radical (unpaired) electrons. The Morgan fingerprint density at radius 1 is 1.35 bits per heavy atom. The lowest BCUT2D eigenvalue weighted by Gasteiger charge is -2.02. The van der Waals surface area contributed by atoms with Gasteiger partial charge < -0.3 is 0 Å². The Morgan fingerprint density at radius 3 is 2.65 bits per heavy atom. The van der Waals surface area contributed by atoms with Gasteiger partial charge in [0.05, 0.1) is 5.71 Å². The summed E-state index contributed by atoms with van der Waals surface area (Å²) in [5, 5.41) is 11.0. The molecule has 20 heavy (non-hydrogen) atoms. The summed E-state index contributed by atoms with van der Waals surface area (Å²) in [7, 11) is 0. The van der Waals surface area contributed by atoms with Gasteiger partial charge in [0.2, 0.25) is 0 Å².